The average molecular weight is 447 g/mol. The summed E-state index contributed by atoms with van der Waals surface area (Å²) in [6.07, 6.45) is 0. The largest absolute Gasteiger partial charge is 0.497 e. The Labute approximate surface area is 192 Å². The summed E-state index contributed by atoms with van der Waals surface area (Å²) in [7, 11) is 1.57. The summed E-state index contributed by atoms with van der Waals surface area (Å²) in [5.41, 5.74) is 4.28. The Kier molecular flexibility index (Phi) is 6.51. The van der Waals surface area contributed by atoms with Crippen LogP contribution in [0, 0.1) is 0 Å². The molecule has 3 aromatic rings. The van der Waals surface area contributed by atoms with Crippen LogP contribution in [0.2, 0.25) is 0 Å². The first-order valence-corrected chi connectivity index (χ1v) is 11.6. The van der Waals surface area contributed by atoms with Crippen molar-refractivity contribution >= 4 is 35.0 Å². The molecule has 0 radical (unpaired) electrons. The van der Waals surface area contributed by atoms with E-state index < -0.39 is 0 Å². The van der Waals surface area contributed by atoms with Crippen molar-refractivity contribution in [2.24, 2.45) is 0 Å². The number of para-hydroxylation sites is 1. The molecule has 4 rings (SSSR count). The fourth-order valence-electron chi connectivity index (χ4n) is 3.86. The fourth-order valence-corrected chi connectivity index (χ4v) is 5.02. The molecule has 1 aliphatic heterocycles. The molecule has 0 spiro atoms. The molecule has 1 N–H and O–H groups in total. The number of carbonyl (C=O) groups excluding carboxylic acids is 2. The predicted molar refractivity (Wildman–Crippen MR) is 131 cm³/mol. The van der Waals surface area contributed by atoms with Crippen molar-refractivity contribution in [2.45, 2.75) is 25.1 Å². The number of nitrogens with zero attached hydrogens (tertiary/aromatic N) is 1. The molecular weight excluding hydrogens is 420 g/mol. The minimum atomic E-state index is -0.210. The summed E-state index contributed by atoms with van der Waals surface area (Å²) in [5, 5.41) is 2.82. The lowest BCUT2D eigenvalue weighted by atomic mass is 10.00. The number of rotatable bonds is 6. The molecule has 1 heterocycles. The van der Waals surface area contributed by atoms with Gasteiger partial charge in [0, 0.05) is 16.9 Å². The van der Waals surface area contributed by atoms with Crippen LogP contribution < -0.4 is 15.0 Å². The lowest BCUT2D eigenvalue weighted by molar-refractivity contribution is -0.115. The van der Waals surface area contributed by atoms with Gasteiger partial charge in [0.1, 0.15) is 11.1 Å². The smallest absolute Gasteiger partial charge is 0.255 e. The Morgan fingerprint density at radius 1 is 1.06 bits per heavy atom. The molecule has 32 heavy (non-hydrogen) atoms. The first-order valence-electron chi connectivity index (χ1n) is 10.6. The van der Waals surface area contributed by atoms with Gasteiger partial charge in [-0.15, -0.1) is 11.8 Å². The van der Waals surface area contributed by atoms with Crippen LogP contribution in [0.15, 0.2) is 72.8 Å². The van der Waals surface area contributed by atoms with Gasteiger partial charge in [-0.25, -0.2) is 0 Å². The van der Waals surface area contributed by atoms with Gasteiger partial charge >= 0.3 is 0 Å². The molecule has 0 bridgehead atoms. The Balaban J connectivity index is 1.61. The minimum Gasteiger partial charge on any atom is -0.497 e. The molecule has 1 atom stereocenters. The van der Waals surface area contributed by atoms with Crippen LogP contribution in [0.4, 0.5) is 11.4 Å². The first kappa shape index (κ1) is 22.0. The second-order valence-corrected chi connectivity index (χ2v) is 9.02. The quantitative estimate of drug-likeness (QED) is 0.516. The number of nitrogens with one attached hydrogen (secondary N) is 1. The summed E-state index contributed by atoms with van der Waals surface area (Å²) in [6.45, 7) is 4.27. The third-order valence-corrected chi connectivity index (χ3v) is 6.66. The van der Waals surface area contributed by atoms with Gasteiger partial charge in [-0.05, 0) is 53.4 Å². The lowest BCUT2D eigenvalue weighted by Crippen LogP contribution is -2.29. The van der Waals surface area contributed by atoms with Crippen molar-refractivity contribution in [2.75, 3.05) is 23.1 Å². The molecule has 1 unspecified atom stereocenters. The average Bonchev–Trinajstić information content (AvgIpc) is 3.20. The summed E-state index contributed by atoms with van der Waals surface area (Å²) >= 11 is 1.60. The van der Waals surface area contributed by atoms with Crippen LogP contribution in [-0.2, 0) is 4.79 Å². The number of anilines is 2. The van der Waals surface area contributed by atoms with Gasteiger partial charge in [-0.1, -0.05) is 50.2 Å². The van der Waals surface area contributed by atoms with Crippen molar-refractivity contribution in [1.82, 2.24) is 0 Å². The number of methoxy groups -OCH3 is 1. The van der Waals surface area contributed by atoms with E-state index in [1.807, 2.05) is 47.4 Å². The summed E-state index contributed by atoms with van der Waals surface area (Å²) in [4.78, 5) is 27.5. The Morgan fingerprint density at radius 2 is 1.84 bits per heavy atom. The zero-order valence-electron chi connectivity index (χ0n) is 18.4. The monoisotopic (exact) mass is 446 g/mol. The number of hydrogen-bond donors (Lipinski definition) is 1. The molecule has 5 nitrogen and oxygen atoms in total. The zero-order chi connectivity index (χ0) is 22.7. The van der Waals surface area contributed by atoms with E-state index in [-0.39, 0.29) is 17.2 Å². The standard InChI is InChI=1S/C26H26N2O3S/c1-17(2)22-12-4-5-13-23(22)28-24(29)16-32-26(28)19-9-6-10-20(14-19)27-25(30)18-8-7-11-21(15-18)31-3/h4-15,17,26H,16H2,1-3H3,(H,27,30). The van der Waals surface area contributed by atoms with E-state index in [9.17, 15) is 9.59 Å². The SMILES string of the molecule is COc1cccc(C(=O)Nc2cccc(C3SCC(=O)N3c3ccccc3C(C)C)c2)c1. The number of ether oxygens (including phenoxy) is 1. The van der Waals surface area contributed by atoms with Crippen molar-refractivity contribution < 1.29 is 14.3 Å². The van der Waals surface area contributed by atoms with Crippen molar-refractivity contribution in [3.05, 3.63) is 89.5 Å². The van der Waals surface area contributed by atoms with Crippen LogP contribution in [-0.4, -0.2) is 24.7 Å². The van der Waals surface area contributed by atoms with Crippen LogP contribution in [0.1, 0.15) is 46.6 Å². The molecule has 0 aromatic heterocycles. The Hall–Kier alpha value is -3.25. The van der Waals surface area contributed by atoms with E-state index >= 15 is 0 Å². The third-order valence-electron chi connectivity index (χ3n) is 5.45. The second-order valence-electron chi connectivity index (χ2n) is 7.95. The van der Waals surface area contributed by atoms with Gasteiger partial charge < -0.3 is 10.1 Å². The van der Waals surface area contributed by atoms with E-state index in [2.05, 4.69) is 25.2 Å². The Morgan fingerprint density at radius 3 is 2.62 bits per heavy atom. The molecule has 2 amide bonds. The zero-order valence-corrected chi connectivity index (χ0v) is 19.2. The number of amides is 2. The topological polar surface area (TPSA) is 58.6 Å². The van der Waals surface area contributed by atoms with Crippen molar-refractivity contribution in [1.29, 1.82) is 0 Å². The maximum Gasteiger partial charge on any atom is 0.255 e. The maximum absolute atomic E-state index is 12.9. The highest BCUT2D eigenvalue weighted by atomic mass is 32.2. The molecular formula is C26H26N2O3S. The third kappa shape index (κ3) is 4.50. The highest BCUT2D eigenvalue weighted by Crippen LogP contribution is 2.44. The highest BCUT2D eigenvalue weighted by Gasteiger charge is 2.35. The number of carbonyl (C=O) groups is 2. The van der Waals surface area contributed by atoms with Gasteiger partial charge in [0.05, 0.1) is 12.9 Å². The summed E-state index contributed by atoms with van der Waals surface area (Å²) < 4.78 is 5.21. The van der Waals surface area contributed by atoms with E-state index in [0.717, 1.165) is 16.8 Å². The van der Waals surface area contributed by atoms with Gasteiger partial charge in [0.25, 0.3) is 5.91 Å². The summed E-state index contributed by atoms with van der Waals surface area (Å²) in [6, 6.07) is 22.8. The maximum atomic E-state index is 12.9. The molecule has 0 aliphatic carbocycles. The van der Waals surface area contributed by atoms with Crippen molar-refractivity contribution in [3.8, 4) is 5.75 Å². The minimum absolute atomic E-state index is 0.0962. The normalized spacial score (nSPS) is 15.8. The molecule has 6 heteroatoms. The van der Waals surface area contributed by atoms with Crippen LogP contribution in [0.3, 0.4) is 0 Å². The summed E-state index contributed by atoms with van der Waals surface area (Å²) in [5.74, 6) is 1.25. The van der Waals surface area contributed by atoms with E-state index in [1.165, 1.54) is 0 Å². The Bertz CT molecular complexity index is 1150. The number of benzene rings is 3. The lowest BCUT2D eigenvalue weighted by Gasteiger charge is -2.28. The first-order chi connectivity index (χ1) is 15.5. The predicted octanol–water partition coefficient (Wildman–Crippen LogP) is 5.85. The van der Waals surface area contributed by atoms with Gasteiger partial charge in [-0.3, -0.25) is 14.5 Å². The van der Waals surface area contributed by atoms with Gasteiger partial charge in [-0.2, -0.15) is 0 Å². The van der Waals surface area contributed by atoms with Crippen LogP contribution in [0.5, 0.6) is 5.75 Å². The van der Waals surface area contributed by atoms with Gasteiger partial charge in [0.15, 0.2) is 0 Å². The van der Waals surface area contributed by atoms with Crippen LogP contribution >= 0.6 is 11.8 Å². The molecule has 1 saturated heterocycles. The number of hydrogen-bond acceptors (Lipinski definition) is 4. The fraction of sp³-hybridized carbons (Fsp3) is 0.231. The van der Waals surface area contributed by atoms with E-state index in [0.29, 0.717) is 28.7 Å². The van der Waals surface area contributed by atoms with Gasteiger partial charge in [0.2, 0.25) is 5.91 Å². The van der Waals surface area contributed by atoms with E-state index in [4.69, 9.17) is 4.74 Å². The molecule has 1 aliphatic rings. The van der Waals surface area contributed by atoms with Crippen molar-refractivity contribution in [3.63, 3.8) is 0 Å². The second kappa shape index (κ2) is 9.49. The molecule has 3 aromatic carbocycles. The van der Waals surface area contributed by atoms with E-state index in [1.54, 1.807) is 43.1 Å². The highest BCUT2D eigenvalue weighted by molar-refractivity contribution is 8.00. The molecule has 1 fully saturated rings. The molecule has 164 valence electrons. The molecule has 0 saturated carbocycles. The number of thioether (sulfide) groups is 1. The van der Waals surface area contributed by atoms with Crippen LogP contribution in [0.25, 0.3) is 0 Å².